The molecule has 0 saturated carbocycles. The fourth-order valence-electron chi connectivity index (χ4n) is 3.22. The van der Waals surface area contributed by atoms with Gasteiger partial charge in [-0.15, -0.1) is 0 Å². The van der Waals surface area contributed by atoms with Crippen molar-refractivity contribution in [2.24, 2.45) is 5.41 Å². The van der Waals surface area contributed by atoms with E-state index >= 15 is 0 Å². The minimum Gasteiger partial charge on any atom is -0.449 e. The second kappa shape index (κ2) is 19.5. The lowest BCUT2D eigenvalue weighted by atomic mass is 9.97. The molecule has 0 atom stereocenters. The number of unbranched alkanes of at least 4 members (excludes halogenated alkanes) is 15. The van der Waals surface area contributed by atoms with Gasteiger partial charge in [0.2, 0.25) is 0 Å². The van der Waals surface area contributed by atoms with Crippen molar-refractivity contribution in [1.82, 2.24) is 5.32 Å². The second-order valence-corrected chi connectivity index (χ2v) is 9.13. The molecule has 4 heteroatoms. The Morgan fingerprint density at radius 1 is 0.750 bits per heavy atom. The lowest BCUT2D eigenvalue weighted by molar-refractivity contribution is 0.0610. The van der Waals surface area contributed by atoms with Gasteiger partial charge in [0.1, 0.15) is 6.61 Å². The van der Waals surface area contributed by atoms with Gasteiger partial charge in [0.15, 0.2) is 0 Å². The number of carbonyl (C=O) groups excluding carboxylic acids is 1. The number of aliphatic hydroxyl groups is 1. The summed E-state index contributed by atoms with van der Waals surface area (Å²) in [5, 5.41) is 11.9. The molecule has 0 saturated heterocycles. The summed E-state index contributed by atoms with van der Waals surface area (Å²) in [6.45, 7) is 6.95. The van der Waals surface area contributed by atoms with Gasteiger partial charge in [0.05, 0.1) is 6.61 Å². The molecule has 0 unspecified atom stereocenters. The molecule has 28 heavy (non-hydrogen) atoms. The summed E-state index contributed by atoms with van der Waals surface area (Å²) in [7, 11) is 0. The maximum Gasteiger partial charge on any atom is 0.407 e. The van der Waals surface area contributed by atoms with Crippen LogP contribution in [0.5, 0.6) is 0 Å². The van der Waals surface area contributed by atoms with Gasteiger partial charge in [-0.3, -0.25) is 0 Å². The van der Waals surface area contributed by atoms with Crippen LogP contribution in [0.15, 0.2) is 0 Å². The third kappa shape index (κ3) is 20.0. The monoisotopic (exact) mass is 399 g/mol. The normalized spacial score (nSPS) is 11.6. The molecule has 1 amide bonds. The third-order valence-electron chi connectivity index (χ3n) is 5.32. The first-order valence-corrected chi connectivity index (χ1v) is 12.0. The van der Waals surface area contributed by atoms with Crippen LogP contribution in [0.2, 0.25) is 0 Å². The number of alkyl carbamates (subject to hydrolysis) is 1. The lowest BCUT2D eigenvalue weighted by Crippen LogP contribution is -2.31. The van der Waals surface area contributed by atoms with E-state index in [2.05, 4.69) is 12.2 Å². The van der Waals surface area contributed by atoms with Crippen LogP contribution >= 0.6 is 0 Å². The Bertz CT molecular complexity index is 345. The zero-order chi connectivity index (χ0) is 20.9. The van der Waals surface area contributed by atoms with Crippen LogP contribution in [0, 0.1) is 5.41 Å². The third-order valence-corrected chi connectivity index (χ3v) is 5.32. The fourth-order valence-corrected chi connectivity index (χ4v) is 3.22. The zero-order valence-electron chi connectivity index (χ0n) is 19.2. The van der Waals surface area contributed by atoms with Crippen LogP contribution in [0.25, 0.3) is 0 Å². The first-order chi connectivity index (χ1) is 13.5. The Morgan fingerprint density at radius 3 is 1.54 bits per heavy atom. The summed E-state index contributed by atoms with van der Waals surface area (Å²) < 4.78 is 5.12. The number of aliphatic hydroxyl groups excluding tert-OH is 1. The number of amides is 1. The molecular weight excluding hydrogens is 350 g/mol. The van der Waals surface area contributed by atoms with Gasteiger partial charge in [-0.2, -0.15) is 0 Å². The minimum atomic E-state index is -0.373. The molecule has 0 aliphatic carbocycles. The SMILES string of the molecule is CCCCCCCCCCCCCCCCCCNC(=O)OCC(C)(C)CO. The highest BCUT2D eigenvalue weighted by molar-refractivity contribution is 5.67. The average molecular weight is 400 g/mol. The second-order valence-electron chi connectivity index (χ2n) is 9.13. The van der Waals surface area contributed by atoms with Crippen molar-refractivity contribution in [3.05, 3.63) is 0 Å². The number of nitrogens with one attached hydrogen (secondary N) is 1. The number of hydrogen-bond donors (Lipinski definition) is 2. The molecule has 0 aromatic rings. The Balaban J connectivity index is 3.19. The summed E-state index contributed by atoms with van der Waals surface area (Å²) >= 11 is 0. The number of hydrogen-bond acceptors (Lipinski definition) is 3. The van der Waals surface area contributed by atoms with E-state index in [0.29, 0.717) is 6.54 Å². The lowest BCUT2D eigenvalue weighted by Gasteiger charge is -2.20. The Morgan fingerprint density at radius 2 is 1.14 bits per heavy atom. The van der Waals surface area contributed by atoms with E-state index in [1.165, 1.54) is 96.3 Å². The van der Waals surface area contributed by atoms with Crippen LogP contribution in [0.3, 0.4) is 0 Å². The average Bonchev–Trinajstić information content (AvgIpc) is 2.69. The van der Waals surface area contributed by atoms with Gasteiger partial charge in [-0.25, -0.2) is 4.79 Å². The van der Waals surface area contributed by atoms with E-state index in [0.717, 1.165) is 6.42 Å². The molecule has 168 valence electrons. The molecule has 0 aliphatic heterocycles. The molecule has 0 radical (unpaired) electrons. The highest BCUT2D eigenvalue weighted by Crippen LogP contribution is 2.14. The molecule has 0 aromatic heterocycles. The van der Waals surface area contributed by atoms with Gasteiger partial charge < -0.3 is 15.2 Å². The molecule has 0 rings (SSSR count). The molecular formula is C24H49NO3. The maximum atomic E-state index is 11.6. The quantitative estimate of drug-likeness (QED) is 0.217. The molecule has 0 fully saturated rings. The predicted molar refractivity (Wildman–Crippen MR) is 120 cm³/mol. The first-order valence-electron chi connectivity index (χ1n) is 12.0. The van der Waals surface area contributed by atoms with Gasteiger partial charge in [-0.05, 0) is 6.42 Å². The van der Waals surface area contributed by atoms with Crippen molar-refractivity contribution in [2.45, 2.75) is 124 Å². The largest absolute Gasteiger partial charge is 0.449 e. The number of carbonyl (C=O) groups is 1. The molecule has 0 heterocycles. The highest BCUT2D eigenvalue weighted by Gasteiger charge is 2.18. The van der Waals surface area contributed by atoms with E-state index < -0.39 is 0 Å². The van der Waals surface area contributed by atoms with Crippen molar-refractivity contribution >= 4 is 6.09 Å². The number of ether oxygens (including phenoxy) is 1. The van der Waals surface area contributed by atoms with Crippen LogP contribution in [0.1, 0.15) is 124 Å². The Kier molecular flexibility index (Phi) is 19.0. The van der Waals surface area contributed by atoms with Crippen LogP contribution < -0.4 is 5.32 Å². The Labute approximate surface area is 175 Å². The summed E-state index contributed by atoms with van der Waals surface area (Å²) in [6, 6.07) is 0. The minimum absolute atomic E-state index is 0.0133. The van der Waals surface area contributed by atoms with Crippen LogP contribution in [-0.4, -0.2) is 31.0 Å². The van der Waals surface area contributed by atoms with E-state index in [1.807, 2.05) is 13.8 Å². The van der Waals surface area contributed by atoms with E-state index in [9.17, 15) is 4.79 Å². The highest BCUT2D eigenvalue weighted by atomic mass is 16.5. The van der Waals surface area contributed by atoms with E-state index in [-0.39, 0.29) is 24.7 Å². The van der Waals surface area contributed by atoms with Crippen LogP contribution in [-0.2, 0) is 4.74 Å². The molecule has 0 aliphatic rings. The van der Waals surface area contributed by atoms with E-state index in [4.69, 9.17) is 9.84 Å². The van der Waals surface area contributed by atoms with Crippen molar-refractivity contribution in [1.29, 1.82) is 0 Å². The van der Waals surface area contributed by atoms with Gasteiger partial charge in [0, 0.05) is 12.0 Å². The Hall–Kier alpha value is -0.770. The van der Waals surface area contributed by atoms with Gasteiger partial charge in [-0.1, -0.05) is 117 Å². The van der Waals surface area contributed by atoms with Gasteiger partial charge >= 0.3 is 6.09 Å². The molecule has 4 nitrogen and oxygen atoms in total. The summed E-state index contributed by atoms with van der Waals surface area (Å²) in [5.74, 6) is 0. The van der Waals surface area contributed by atoms with Crippen LogP contribution in [0.4, 0.5) is 4.79 Å². The standard InChI is InChI=1S/C24H49NO3/c1-4-5-6-7-8-9-10-11-12-13-14-15-16-17-18-19-20-25-23(27)28-22-24(2,3)21-26/h26H,4-22H2,1-3H3,(H,25,27). The maximum absolute atomic E-state index is 11.6. The molecule has 0 aromatic carbocycles. The van der Waals surface area contributed by atoms with Crippen molar-refractivity contribution in [3.8, 4) is 0 Å². The summed E-state index contributed by atoms with van der Waals surface area (Å²) in [5.41, 5.74) is -0.369. The molecule has 2 N–H and O–H groups in total. The molecule has 0 spiro atoms. The fraction of sp³-hybridized carbons (Fsp3) is 0.958. The first kappa shape index (κ1) is 27.2. The van der Waals surface area contributed by atoms with Crippen molar-refractivity contribution < 1.29 is 14.6 Å². The summed E-state index contributed by atoms with van der Waals surface area (Å²) in [4.78, 5) is 11.6. The zero-order valence-corrected chi connectivity index (χ0v) is 19.2. The van der Waals surface area contributed by atoms with Crippen molar-refractivity contribution in [3.63, 3.8) is 0 Å². The van der Waals surface area contributed by atoms with Gasteiger partial charge in [0.25, 0.3) is 0 Å². The number of rotatable bonds is 20. The van der Waals surface area contributed by atoms with E-state index in [1.54, 1.807) is 0 Å². The van der Waals surface area contributed by atoms with Crippen molar-refractivity contribution in [2.75, 3.05) is 19.8 Å². The molecule has 0 bridgehead atoms. The summed E-state index contributed by atoms with van der Waals surface area (Å²) in [6.07, 6.45) is 21.3. The predicted octanol–water partition coefficient (Wildman–Crippen LogP) is 6.99. The topological polar surface area (TPSA) is 58.6 Å². The smallest absolute Gasteiger partial charge is 0.407 e.